The summed E-state index contributed by atoms with van der Waals surface area (Å²) in [6.07, 6.45) is 26.8. The first-order valence-electron chi connectivity index (χ1n) is 41.8. The number of benzene rings is 7. The molecule has 7 aromatic rings. The number of nitrogens with one attached hydrogen (secondary N) is 1. The van der Waals surface area contributed by atoms with Crippen LogP contribution in [0, 0.1) is 6.08 Å². The molecule has 5 fully saturated rings. The molecule has 13 rings (SSSR count). The predicted octanol–water partition coefficient (Wildman–Crippen LogP) is 15.2. The number of nitrogen functional groups attached to an aromatic ring is 1. The Balaban J connectivity index is 0.000000189. The van der Waals surface area contributed by atoms with Gasteiger partial charge in [-0.25, -0.2) is 0 Å². The van der Waals surface area contributed by atoms with Gasteiger partial charge in [0.15, 0.2) is 0 Å². The summed E-state index contributed by atoms with van der Waals surface area (Å²) in [5, 5.41) is 31.1. The van der Waals surface area contributed by atoms with E-state index in [1.54, 1.807) is 55.6 Å². The Morgan fingerprint density at radius 3 is 1.28 bits per heavy atom. The number of phenolic OH excluding ortho intramolecular Hbond substituents is 3. The fourth-order valence-corrected chi connectivity index (χ4v) is 14.3. The Labute approximate surface area is 685 Å². The number of phenols is 3. The molecule has 6 aliphatic rings. The van der Waals surface area contributed by atoms with Crippen molar-refractivity contribution in [3.63, 3.8) is 0 Å². The van der Waals surface area contributed by atoms with E-state index in [0.717, 1.165) is 179 Å². The number of hydrogen-bond donors (Lipinski definition) is 5. The molecule has 0 bridgehead atoms. The zero-order chi connectivity index (χ0) is 81.1. The summed E-state index contributed by atoms with van der Waals surface area (Å²) in [5.41, 5.74) is 14.4. The Morgan fingerprint density at radius 2 is 0.878 bits per heavy atom. The van der Waals surface area contributed by atoms with Crippen molar-refractivity contribution in [1.29, 1.82) is 0 Å². The van der Waals surface area contributed by atoms with E-state index in [4.69, 9.17) is 39.3 Å². The van der Waals surface area contributed by atoms with Gasteiger partial charge in [0.25, 0.3) is 0 Å². The van der Waals surface area contributed by atoms with Crippen LogP contribution in [0.25, 0.3) is 0 Å². The van der Waals surface area contributed by atoms with Gasteiger partial charge in [-0.3, -0.25) is 14.4 Å². The fourth-order valence-electron chi connectivity index (χ4n) is 14.3. The van der Waals surface area contributed by atoms with Gasteiger partial charge in [0, 0.05) is 178 Å². The molecule has 7 aromatic carbocycles. The Kier molecular flexibility index (Phi) is 43.3. The van der Waals surface area contributed by atoms with Gasteiger partial charge in [-0.05, 0) is 184 Å². The summed E-state index contributed by atoms with van der Waals surface area (Å²) in [5.74, 6) is 2.31. The lowest BCUT2D eigenvalue weighted by atomic mass is 10.0. The smallest absolute Gasteiger partial charge is 0.226 e. The van der Waals surface area contributed by atoms with Gasteiger partial charge in [-0.2, -0.15) is 0 Å². The monoisotopic (exact) mass is 1570 g/mol. The predicted molar refractivity (Wildman–Crippen MR) is 463 cm³/mol. The van der Waals surface area contributed by atoms with Crippen LogP contribution in [0.3, 0.4) is 0 Å². The first-order chi connectivity index (χ1) is 56.3. The molecule has 20 nitrogen and oxygen atoms in total. The first-order valence-corrected chi connectivity index (χ1v) is 41.8. The highest BCUT2D eigenvalue weighted by molar-refractivity contribution is 5.94. The third-order valence-electron chi connectivity index (χ3n) is 21.0. The molecule has 0 atom stereocenters. The van der Waals surface area contributed by atoms with Gasteiger partial charge in [0.1, 0.15) is 47.5 Å². The van der Waals surface area contributed by atoms with E-state index in [9.17, 15) is 24.6 Å². The molecule has 0 saturated carbocycles. The van der Waals surface area contributed by atoms with Crippen molar-refractivity contribution in [2.24, 2.45) is 0 Å². The largest absolute Gasteiger partial charge is 0.508 e. The van der Waals surface area contributed by atoms with E-state index in [2.05, 4.69) is 134 Å². The number of aromatic hydroxyl groups is 3. The van der Waals surface area contributed by atoms with Crippen LogP contribution in [0.15, 0.2) is 218 Å². The molecule has 0 aromatic heterocycles. The van der Waals surface area contributed by atoms with Crippen LogP contribution in [-0.4, -0.2) is 222 Å². The molecule has 0 spiro atoms. The fraction of sp³-hybridized carbons (Fsp3) is 0.463. The van der Waals surface area contributed by atoms with Crippen LogP contribution in [0.4, 0.5) is 22.7 Å². The number of methoxy groups -OCH3 is 1. The summed E-state index contributed by atoms with van der Waals surface area (Å²) >= 11 is 0. The van der Waals surface area contributed by atoms with Crippen LogP contribution < -0.4 is 25.6 Å². The number of rotatable bonds is 33. The van der Waals surface area contributed by atoms with E-state index in [0.29, 0.717) is 89.0 Å². The number of likely N-dealkylation sites (tertiary alicyclic amines) is 4. The third-order valence-corrected chi connectivity index (χ3v) is 21.0. The van der Waals surface area contributed by atoms with E-state index in [1.807, 2.05) is 84.3 Å². The summed E-state index contributed by atoms with van der Waals surface area (Å²) in [6, 6.07) is 61.5. The van der Waals surface area contributed by atoms with Gasteiger partial charge < -0.3 is 84.2 Å². The number of Topliss-reactive ketones (excluding diaryl/α,β-unsaturated/α-hetero) is 1. The number of ketones is 1. The SMILES string of the molecule is C1CCOC1.CCC(=O)N(c1ccc(O)cc1)C1CCN(CCc2ccccc2)CC1.CCC(=O)N(c1ccc(OCCOCCOCCOCCOC)cc1)C1CCN(CCc2ccccc2)CC1.Nc1ccc(O)cc1.O=C1CCN(CCC2=CC=[C+]C=C2)CC1.Oc1ccc(NC2CCN(CCc3ccccc3)CC2)cc1. The van der Waals surface area contributed by atoms with Gasteiger partial charge in [0.05, 0.1) is 64.0 Å². The second-order valence-corrected chi connectivity index (χ2v) is 29.5. The lowest BCUT2D eigenvalue weighted by Gasteiger charge is -2.38. The molecule has 1 aliphatic carbocycles. The first kappa shape index (κ1) is 91.2. The number of ether oxygens (including phenoxy) is 6. The number of amides is 2. The van der Waals surface area contributed by atoms with Gasteiger partial charge in [-0.1, -0.05) is 105 Å². The van der Waals surface area contributed by atoms with Crippen molar-refractivity contribution < 1.29 is 58.1 Å². The third kappa shape index (κ3) is 36.6. The number of piperidine rings is 4. The van der Waals surface area contributed by atoms with Crippen molar-refractivity contribution >= 4 is 40.3 Å². The Hall–Kier alpha value is -9.28. The molecule has 5 aliphatic heterocycles. The summed E-state index contributed by atoms with van der Waals surface area (Å²) < 4.78 is 32.1. The molecular formula is C95H129N8O12+. The maximum absolute atomic E-state index is 12.9. The zero-order valence-electron chi connectivity index (χ0n) is 68.6. The van der Waals surface area contributed by atoms with Crippen molar-refractivity contribution in [2.75, 3.05) is 173 Å². The topological polar surface area (TPSA) is 225 Å². The molecule has 620 valence electrons. The number of nitrogens with zero attached hydrogens (tertiary/aromatic N) is 6. The van der Waals surface area contributed by atoms with Gasteiger partial charge in [-0.15, -0.1) is 0 Å². The average molecular weight is 1580 g/mol. The lowest BCUT2D eigenvalue weighted by molar-refractivity contribution is -0.121. The maximum atomic E-state index is 12.9. The quantitative estimate of drug-likeness (QED) is 0.0112. The molecule has 0 unspecified atom stereocenters. The maximum Gasteiger partial charge on any atom is 0.226 e. The lowest BCUT2D eigenvalue weighted by Crippen LogP contribution is -2.47. The molecule has 0 radical (unpaired) electrons. The molecule has 2 amide bonds. The molecule has 5 heterocycles. The molecule has 5 saturated heterocycles. The standard InChI is InChI=1S/C31H46N2O6.C22H28N2O2.C19H24N2O.C13H16NO.C6H7NO.C4H8O/c1-3-31(34)33(29-14-17-32(18-15-29)16-13-27-7-5-4-6-8-27)28-9-11-30(12-10-28)39-26-25-38-24-23-37-22-21-36-20-19-35-2;1-2-22(26)24(19-8-10-21(25)11-9-19)20-13-16-23(17-14-20)15-12-18-6-4-3-5-7-18;22-19-8-6-17(7-9-19)20-18-11-14-21(15-12-18)13-10-16-4-2-1-3-5-16;15-13-7-10-14(11-8-13)9-6-12-4-2-1-3-5-12;7-5-1-3-6(8)4-2-5;1-2-4-5-3-1/h4-12,29H,3,13-26H2,1-2H3;3-11,20,25H,2,12-17H2,1H3;1-9,18,20,22H,10-15H2;2-5H,6-11H2;1-4,8H,7H2;1-4H2/q;;;+1;;. The normalized spacial score (nSPS) is 16.1. The summed E-state index contributed by atoms with van der Waals surface area (Å²) in [6.45, 7) is 22.7. The number of hydrogen-bond acceptors (Lipinski definition) is 18. The molecular weight excluding hydrogens is 1450 g/mol. The van der Waals surface area contributed by atoms with E-state index < -0.39 is 0 Å². The summed E-state index contributed by atoms with van der Waals surface area (Å²) in [4.78, 5) is 50.4. The minimum absolute atomic E-state index is 0.151. The van der Waals surface area contributed by atoms with Gasteiger partial charge in [0.2, 0.25) is 11.8 Å². The van der Waals surface area contributed by atoms with Crippen molar-refractivity contribution in [3.8, 4) is 23.0 Å². The number of allylic oxidation sites excluding steroid dienone is 5. The second kappa shape index (κ2) is 54.5. The van der Waals surface area contributed by atoms with E-state index in [-0.39, 0.29) is 35.4 Å². The number of carbonyl (C=O) groups is 3. The average Bonchev–Trinajstić information content (AvgIpc) is 1.02. The molecule has 20 heteroatoms. The second-order valence-electron chi connectivity index (χ2n) is 29.5. The van der Waals surface area contributed by atoms with Crippen LogP contribution in [0.1, 0.15) is 114 Å². The van der Waals surface area contributed by atoms with Crippen molar-refractivity contribution in [3.05, 3.63) is 241 Å². The summed E-state index contributed by atoms with van der Waals surface area (Å²) in [7, 11) is 1.65. The minimum Gasteiger partial charge on any atom is -0.508 e. The van der Waals surface area contributed by atoms with Crippen LogP contribution >= 0.6 is 0 Å². The van der Waals surface area contributed by atoms with Gasteiger partial charge >= 0.3 is 0 Å². The van der Waals surface area contributed by atoms with E-state index >= 15 is 0 Å². The number of anilines is 4. The van der Waals surface area contributed by atoms with Crippen LogP contribution in [0.2, 0.25) is 0 Å². The minimum atomic E-state index is 0.151. The highest BCUT2D eigenvalue weighted by atomic mass is 16.6. The zero-order valence-corrected chi connectivity index (χ0v) is 68.6. The van der Waals surface area contributed by atoms with Crippen molar-refractivity contribution in [2.45, 2.75) is 135 Å². The number of nitrogens with two attached hydrogens (primary N) is 1. The number of carbonyl (C=O) groups excluding carboxylic acids is 3. The highest BCUT2D eigenvalue weighted by Crippen LogP contribution is 2.30. The van der Waals surface area contributed by atoms with Crippen LogP contribution in [-0.2, 0) is 57.3 Å². The van der Waals surface area contributed by atoms with Crippen molar-refractivity contribution in [1.82, 2.24) is 19.6 Å². The highest BCUT2D eigenvalue weighted by Gasteiger charge is 2.31. The van der Waals surface area contributed by atoms with Crippen LogP contribution in [0.5, 0.6) is 23.0 Å². The Morgan fingerprint density at radius 1 is 0.487 bits per heavy atom. The molecule has 6 N–H and O–H groups in total. The molecule has 115 heavy (non-hydrogen) atoms. The Bertz CT molecular complexity index is 3790. The van der Waals surface area contributed by atoms with E-state index in [1.165, 1.54) is 47.9 Å².